The maximum atomic E-state index is 10.5. The molecular weight excluding hydrogens is 220 g/mol. The summed E-state index contributed by atoms with van der Waals surface area (Å²) >= 11 is 0. The molecule has 0 bridgehead atoms. The molecule has 2 aromatic rings. The van der Waals surface area contributed by atoms with E-state index in [4.69, 9.17) is 0 Å². The Labute approximate surface area is 109 Å². The fourth-order valence-corrected chi connectivity index (χ4v) is 2.81. The number of rotatable bonds is 4. The highest BCUT2D eigenvalue weighted by molar-refractivity contribution is 5.85. The first-order valence-corrected chi connectivity index (χ1v) is 6.67. The molecule has 1 unspecified atom stereocenters. The molecule has 96 valence electrons. The first kappa shape index (κ1) is 13.1. The van der Waals surface area contributed by atoms with Crippen LogP contribution in [0.15, 0.2) is 42.5 Å². The second-order valence-electron chi connectivity index (χ2n) is 5.91. The minimum Gasteiger partial charge on any atom is -0.390 e. The number of aliphatic hydroxyl groups is 1. The standard InChI is InChI=1S/C17H22O/c1-13(2)11-17(3,18)12-15-9-6-8-14-7-4-5-10-16(14)15/h4-10,13,18H,11-12H2,1-3H3. The van der Waals surface area contributed by atoms with Crippen LogP contribution in [0.1, 0.15) is 32.8 Å². The van der Waals surface area contributed by atoms with E-state index in [9.17, 15) is 5.11 Å². The number of hydrogen-bond donors (Lipinski definition) is 1. The van der Waals surface area contributed by atoms with Crippen LogP contribution in [0.5, 0.6) is 0 Å². The minimum atomic E-state index is -0.627. The van der Waals surface area contributed by atoms with Crippen molar-refractivity contribution in [1.82, 2.24) is 0 Å². The van der Waals surface area contributed by atoms with E-state index in [1.54, 1.807) is 0 Å². The molecule has 0 aliphatic heterocycles. The summed E-state index contributed by atoms with van der Waals surface area (Å²) in [6.45, 7) is 6.24. The molecule has 0 saturated carbocycles. The lowest BCUT2D eigenvalue weighted by atomic mass is 9.86. The zero-order valence-corrected chi connectivity index (χ0v) is 11.5. The van der Waals surface area contributed by atoms with Crippen LogP contribution >= 0.6 is 0 Å². The van der Waals surface area contributed by atoms with E-state index in [-0.39, 0.29) is 0 Å². The van der Waals surface area contributed by atoms with Crippen LogP contribution in [0.4, 0.5) is 0 Å². The Morgan fingerprint density at radius 3 is 2.44 bits per heavy atom. The summed E-state index contributed by atoms with van der Waals surface area (Å²) in [5.41, 5.74) is 0.608. The Bertz CT molecular complexity index is 521. The topological polar surface area (TPSA) is 20.2 Å². The summed E-state index contributed by atoms with van der Waals surface area (Å²) in [7, 11) is 0. The molecule has 0 aliphatic rings. The zero-order valence-electron chi connectivity index (χ0n) is 11.5. The van der Waals surface area contributed by atoms with E-state index < -0.39 is 5.60 Å². The van der Waals surface area contributed by atoms with Crippen LogP contribution in [-0.2, 0) is 6.42 Å². The number of fused-ring (bicyclic) bond motifs is 1. The summed E-state index contributed by atoms with van der Waals surface area (Å²) in [5, 5.41) is 13.0. The van der Waals surface area contributed by atoms with Gasteiger partial charge in [-0.1, -0.05) is 56.3 Å². The maximum absolute atomic E-state index is 10.5. The van der Waals surface area contributed by atoms with Gasteiger partial charge in [-0.25, -0.2) is 0 Å². The average molecular weight is 242 g/mol. The highest BCUT2D eigenvalue weighted by Gasteiger charge is 2.22. The van der Waals surface area contributed by atoms with Gasteiger partial charge in [0.25, 0.3) is 0 Å². The van der Waals surface area contributed by atoms with Gasteiger partial charge in [-0.05, 0) is 35.6 Å². The fraction of sp³-hybridized carbons (Fsp3) is 0.412. The van der Waals surface area contributed by atoms with Crippen molar-refractivity contribution in [2.75, 3.05) is 0 Å². The number of hydrogen-bond acceptors (Lipinski definition) is 1. The minimum absolute atomic E-state index is 0.509. The fourth-order valence-electron chi connectivity index (χ4n) is 2.81. The molecule has 1 atom stereocenters. The smallest absolute Gasteiger partial charge is 0.0662 e. The molecular formula is C17H22O. The highest BCUT2D eigenvalue weighted by atomic mass is 16.3. The van der Waals surface area contributed by atoms with Crippen LogP contribution in [-0.4, -0.2) is 10.7 Å². The Kier molecular flexibility index (Phi) is 3.72. The summed E-state index contributed by atoms with van der Waals surface area (Å²) < 4.78 is 0. The Morgan fingerprint density at radius 2 is 1.72 bits per heavy atom. The van der Waals surface area contributed by atoms with Crippen molar-refractivity contribution in [3.8, 4) is 0 Å². The molecule has 18 heavy (non-hydrogen) atoms. The summed E-state index contributed by atoms with van der Waals surface area (Å²) in [6, 6.07) is 14.7. The molecule has 1 N–H and O–H groups in total. The van der Waals surface area contributed by atoms with Crippen LogP contribution in [0.3, 0.4) is 0 Å². The van der Waals surface area contributed by atoms with Gasteiger partial charge in [0.2, 0.25) is 0 Å². The van der Waals surface area contributed by atoms with E-state index in [1.165, 1.54) is 16.3 Å². The van der Waals surface area contributed by atoms with Gasteiger partial charge in [0, 0.05) is 6.42 Å². The third kappa shape index (κ3) is 3.11. The molecule has 0 radical (unpaired) electrons. The van der Waals surface area contributed by atoms with Crippen molar-refractivity contribution >= 4 is 10.8 Å². The van der Waals surface area contributed by atoms with Gasteiger partial charge in [0.05, 0.1) is 5.60 Å². The molecule has 1 heteroatoms. The van der Waals surface area contributed by atoms with Gasteiger partial charge in [0.15, 0.2) is 0 Å². The predicted molar refractivity (Wildman–Crippen MR) is 77.7 cm³/mol. The molecule has 0 fully saturated rings. The molecule has 0 aromatic heterocycles. The van der Waals surface area contributed by atoms with Crippen molar-refractivity contribution in [3.63, 3.8) is 0 Å². The summed E-state index contributed by atoms with van der Waals surface area (Å²) in [6.07, 6.45) is 1.54. The van der Waals surface area contributed by atoms with Gasteiger partial charge in [-0.15, -0.1) is 0 Å². The van der Waals surface area contributed by atoms with Gasteiger partial charge < -0.3 is 5.11 Å². The Balaban J connectivity index is 2.32. The van der Waals surface area contributed by atoms with Crippen LogP contribution in [0.2, 0.25) is 0 Å². The van der Waals surface area contributed by atoms with E-state index in [1.807, 2.05) is 6.92 Å². The van der Waals surface area contributed by atoms with Crippen LogP contribution in [0.25, 0.3) is 10.8 Å². The van der Waals surface area contributed by atoms with Gasteiger partial charge in [0.1, 0.15) is 0 Å². The van der Waals surface area contributed by atoms with Crippen molar-refractivity contribution in [2.45, 2.75) is 39.2 Å². The Morgan fingerprint density at radius 1 is 1.06 bits per heavy atom. The quantitative estimate of drug-likeness (QED) is 0.852. The monoisotopic (exact) mass is 242 g/mol. The molecule has 0 spiro atoms. The SMILES string of the molecule is CC(C)CC(C)(O)Cc1cccc2ccccc12. The third-order valence-corrected chi connectivity index (χ3v) is 3.30. The van der Waals surface area contributed by atoms with Gasteiger partial charge >= 0.3 is 0 Å². The second-order valence-corrected chi connectivity index (χ2v) is 5.91. The number of benzene rings is 2. The van der Waals surface area contributed by atoms with Crippen molar-refractivity contribution in [3.05, 3.63) is 48.0 Å². The average Bonchev–Trinajstić information content (AvgIpc) is 2.27. The van der Waals surface area contributed by atoms with E-state index in [2.05, 4.69) is 56.3 Å². The first-order chi connectivity index (χ1) is 8.48. The van der Waals surface area contributed by atoms with Crippen LogP contribution in [0, 0.1) is 5.92 Å². The van der Waals surface area contributed by atoms with Crippen molar-refractivity contribution in [2.24, 2.45) is 5.92 Å². The lowest BCUT2D eigenvalue weighted by Crippen LogP contribution is -2.29. The van der Waals surface area contributed by atoms with Crippen molar-refractivity contribution < 1.29 is 5.11 Å². The first-order valence-electron chi connectivity index (χ1n) is 6.67. The third-order valence-electron chi connectivity index (χ3n) is 3.30. The lowest BCUT2D eigenvalue weighted by molar-refractivity contribution is 0.0391. The molecule has 2 rings (SSSR count). The zero-order chi connectivity index (χ0) is 13.2. The van der Waals surface area contributed by atoms with Gasteiger partial charge in [-0.3, -0.25) is 0 Å². The molecule has 0 saturated heterocycles. The molecule has 0 aliphatic carbocycles. The van der Waals surface area contributed by atoms with E-state index >= 15 is 0 Å². The second kappa shape index (κ2) is 5.11. The van der Waals surface area contributed by atoms with Gasteiger partial charge in [-0.2, -0.15) is 0 Å². The molecule has 1 nitrogen and oxygen atoms in total. The van der Waals surface area contributed by atoms with Crippen molar-refractivity contribution in [1.29, 1.82) is 0 Å². The van der Waals surface area contributed by atoms with Crippen LogP contribution < -0.4 is 0 Å². The molecule has 0 heterocycles. The van der Waals surface area contributed by atoms with E-state index in [0.717, 1.165) is 6.42 Å². The normalized spacial score (nSPS) is 14.9. The Hall–Kier alpha value is -1.34. The predicted octanol–water partition coefficient (Wildman–Crippen LogP) is 4.18. The largest absolute Gasteiger partial charge is 0.390 e. The summed E-state index contributed by atoms with van der Waals surface area (Å²) in [5.74, 6) is 0.509. The lowest BCUT2D eigenvalue weighted by Gasteiger charge is -2.26. The highest BCUT2D eigenvalue weighted by Crippen LogP contribution is 2.26. The maximum Gasteiger partial charge on any atom is 0.0662 e. The summed E-state index contributed by atoms with van der Waals surface area (Å²) in [4.78, 5) is 0. The molecule has 2 aromatic carbocycles. The van der Waals surface area contributed by atoms with E-state index in [0.29, 0.717) is 12.3 Å². The molecule has 0 amide bonds.